The van der Waals surface area contributed by atoms with Crippen molar-refractivity contribution in [3.63, 3.8) is 0 Å². The molecule has 0 aliphatic carbocycles. The third-order valence-corrected chi connectivity index (χ3v) is 7.42. The number of rotatable bonds is 7. The van der Waals surface area contributed by atoms with E-state index in [2.05, 4.69) is 53.0 Å². The van der Waals surface area contributed by atoms with Gasteiger partial charge in [-0.25, -0.2) is 0 Å². The molecule has 0 aromatic heterocycles. The van der Waals surface area contributed by atoms with Crippen LogP contribution < -0.4 is 10.6 Å². The molecule has 0 radical (unpaired) electrons. The Labute approximate surface area is 198 Å². The zero-order valence-electron chi connectivity index (χ0n) is 18.4. The highest BCUT2D eigenvalue weighted by Gasteiger charge is 2.40. The number of nitrogens with one attached hydrogen (secondary N) is 2. The number of nitrogens with zero attached hydrogens (tertiary/aromatic N) is 3. The van der Waals surface area contributed by atoms with Gasteiger partial charge >= 0.3 is 0 Å². The summed E-state index contributed by atoms with van der Waals surface area (Å²) in [5.74, 6) is 3.38. The summed E-state index contributed by atoms with van der Waals surface area (Å²) in [6, 6.07) is 0. The van der Waals surface area contributed by atoms with E-state index in [4.69, 9.17) is 14.5 Å². The van der Waals surface area contributed by atoms with Gasteiger partial charge < -0.3 is 20.1 Å². The van der Waals surface area contributed by atoms with E-state index in [9.17, 15) is 0 Å². The number of halogens is 1. The lowest BCUT2D eigenvalue weighted by Gasteiger charge is -2.43. The van der Waals surface area contributed by atoms with Crippen LogP contribution in [-0.4, -0.2) is 111 Å². The average molecular weight is 542 g/mol. The maximum absolute atomic E-state index is 5.58. The third-order valence-electron chi connectivity index (χ3n) is 6.18. The van der Waals surface area contributed by atoms with Crippen LogP contribution in [0, 0.1) is 0 Å². The van der Waals surface area contributed by atoms with Gasteiger partial charge in [-0.05, 0) is 32.9 Å². The second-order valence-corrected chi connectivity index (χ2v) is 9.69. The van der Waals surface area contributed by atoms with Gasteiger partial charge in [-0.2, -0.15) is 11.8 Å². The lowest BCUT2D eigenvalue weighted by Crippen LogP contribution is -2.60. The Morgan fingerprint density at radius 1 is 1.07 bits per heavy atom. The van der Waals surface area contributed by atoms with Gasteiger partial charge in [-0.3, -0.25) is 14.8 Å². The molecule has 1 atom stereocenters. The maximum atomic E-state index is 5.58. The molecule has 3 saturated heterocycles. The molecule has 3 fully saturated rings. The van der Waals surface area contributed by atoms with Gasteiger partial charge in [0.15, 0.2) is 5.96 Å². The Bertz CT molecular complexity index is 505. The fourth-order valence-electron chi connectivity index (χ4n) is 4.27. The van der Waals surface area contributed by atoms with Gasteiger partial charge in [0, 0.05) is 56.1 Å². The lowest BCUT2D eigenvalue weighted by atomic mass is 9.95. The van der Waals surface area contributed by atoms with Crippen molar-refractivity contribution in [2.24, 2.45) is 4.99 Å². The smallest absolute Gasteiger partial charge is 0.191 e. The molecule has 0 spiro atoms. The van der Waals surface area contributed by atoms with Crippen molar-refractivity contribution in [1.82, 2.24) is 20.4 Å². The Kier molecular flexibility index (Phi) is 10.8. The molecule has 2 N–H and O–H groups in total. The number of morpholine rings is 2. The zero-order valence-corrected chi connectivity index (χ0v) is 21.5. The summed E-state index contributed by atoms with van der Waals surface area (Å²) in [5, 5.41) is 7.12. The van der Waals surface area contributed by atoms with E-state index in [-0.39, 0.29) is 35.1 Å². The third kappa shape index (κ3) is 7.10. The highest BCUT2D eigenvalue weighted by atomic mass is 127. The lowest BCUT2D eigenvalue weighted by molar-refractivity contribution is -0.0121. The van der Waals surface area contributed by atoms with E-state index in [1.807, 2.05) is 0 Å². The molecule has 3 aliphatic heterocycles. The zero-order chi connectivity index (χ0) is 19.9. The summed E-state index contributed by atoms with van der Waals surface area (Å²) in [6.07, 6.45) is 1.24. The number of hydrogen-bond acceptors (Lipinski definition) is 6. The molecule has 0 amide bonds. The highest BCUT2D eigenvalue weighted by Crippen LogP contribution is 2.33. The van der Waals surface area contributed by atoms with Gasteiger partial charge in [0.25, 0.3) is 0 Å². The first-order valence-corrected chi connectivity index (χ1v) is 12.0. The van der Waals surface area contributed by atoms with Gasteiger partial charge in [0.2, 0.25) is 0 Å². The molecule has 0 bridgehead atoms. The first-order valence-electron chi connectivity index (χ1n) is 10.8. The summed E-state index contributed by atoms with van der Waals surface area (Å²) in [5.41, 5.74) is 0.265. The Hall–Kier alpha value is 0.190. The van der Waals surface area contributed by atoms with Crippen LogP contribution in [0.4, 0.5) is 0 Å². The molecular formula is C20H40IN5O2S. The number of aliphatic imine (C=N–C) groups is 1. The standard InChI is InChI=1S/C20H39N5O2S.HI/c1-4-21-18(22-15-19(2,3)24-6-10-26-11-7-24)23-16-20(5-14-28-17-20)25-8-12-27-13-9-25;/h4-17H2,1-3H3,(H2,21,22,23);1H. The minimum Gasteiger partial charge on any atom is -0.379 e. The molecule has 0 aromatic rings. The summed E-state index contributed by atoms with van der Waals surface area (Å²) in [4.78, 5) is 10.1. The van der Waals surface area contributed by atoms with Gasteiger partial charge in [0.05, 0.1) is 33.0 Å². The van der Waals surface area contributed by atoms with Crippen LogP contribution in [0.2, 0.25) is 0 Å². The van der Waals surface area contributed by atoms with Crippen molar-refractivity contribution < 1.29 is 9.47 Å². The van der Waals surface area contributed by atoms with Crippen LogP contribution >= 0.6 is 35.7 Å². The Morgan fingerprint density at radius 3 is 2.31 bits per heavy atom. The molecule has 0 saturated carbocycles. The minimum absolute atomic E-state index is 0. The molecule has 170 valence electrons. The van der Waals surface area contributed by atoms with Crippen LogP contribution in [0.1, 0.15) is 27.2 Å². The molecule has 3 rings (SSSR count). The fourth-order valence-corrected chi connectivity index (χ4v) is 5.74. The summed E-state index contributed by atoms with van der Waals surface area (Å²) >= 11 is 2.07. The van der Waals surface area contributed by atoms with Crippen LogP contribution in [0.25, 0.3) is 0 Å². The van der Waals surface area contributed by atoms with Crippen LogP contribution in [0.3, 0.4) is 0 Å². The number of thioether (sulfide) groups is 1. The van der Waals surface area contributed by atoms with Crippen molar-refractivity contribution in [2.45, 2.75) is 38.3 Å². The van der Waals surface area contributed by atoms with E-state index in [0.29, 0.717) is 0 Å². The Balaban J connectivity index is 0.00000300. The molecule has 7 nitrogen and oxygen atoms in total. The van der Waals surface area contributed by atoms with Crippen molar-refractivity contribution in [2.75, 3.05) is 83.7 Å². The molecule has 29 heavy (non-hydrogen) atoms. The predicted octanol–water partition coefficient (Wildman–Crippen LogP) is 1.48. The Morgan fingerprint density at radius 2 is 1.72 bits per heavy atom. The van der Waals surface area contributed by atoms with Gasteiger partial charge in [0.1, 0.15) is 0 Å². The first kappa shape index (κ1) is 25.5. The summed E-state index contributed by atoms with van der Waals surface area (Å²) < 4.78 is 11.1. The molecule has 9 heteroatoms. The number of ether oxygens (including phenoxy) is 2. The summed E-state index contributed by atoms with van der Waals surface area (Å²) in [6.45, 7) is 16.7. The highest BCUT2D eigenvalue weighted by molar-refractivity contribution is 14.0. The van der Waals surface area contributed by atoms with Gasteiger partial charge in [-0.15, -0.1) is 24.0 Å². The molecular weight excluding hydrogens is 501 g/mol. The normalized spacial score (nSPS) is 27.5. The van der Waals surface area contributed by atoms with Crippen molar-refractivity contribution in [1.29, 1.82) is 0 Å². The summed E-state index contributed by atoms with van der Waals surface area (Å²) in [7, 11) is 0. The average Bonchev–Trinajstić information content (AvgIpc) is 3.22. The first-order chi connectivity index (χ1) is 13.6. The number of hydrogen-bond donors (Lipinski definition) is 2. The quantitative estimate of drug-likeness (QED) is 0.288. The van der Waals surface area contributed by atoms with Crippen molar-refractivity contribution in [3.05, 3.63) is 0 Å². The van der Waals surface area contributed by atoms with E-state index in [1.54, 1.807) is 0 Å². The van der Waals surface area contributed by atoms with Crippen LogP contribution in [0.5, 0.6) is 0 Å². The topological polar surface area (TPSA) is 61.4 Å². The molecule has 1 unspecified atom stereocenters. The SMILES string of the molecule is CCNC(=NCC(C)(C)N1CCOCC1)NCC1(N2CCOCC2)CCSC1.I. The van der Waals surface area contributed by atoms with E-state index < -0.39 is 0 Å². The fraction of sp³-hybridized carbons (Fsp3) is 0.950. The number of guanidine groups is 1. The van der Waals surface area contributed by atoms with E-state index in [0.717, 1.165) is 78.2 Å². The van der Waals surface area contributed by atoms with Crippen LogP contribution in [-0.2, 0) is 9.47 Å². The van der Waals surface area contributed by atoms with Crippen molar-refractivity contribution >= 4 is 41.7 Å². The molecule has 0 aromatic carbocycles. The monoisotopic (exact) mass is 541 g/mol. The minimum atomic E-state index is 0. The van der Waals surface area contributed by atoms with Gasteiger partial charge in [-0.1, -0.05) is 0 Å². The molecule has 3 heterocycles. The predicted molar refractivity (Wildman–Crippen MR) is 133 cm³/mol. The van der Waals surface area contributed by atoms with E-state index >= 15 is 0 Å². The largest absolute Gasteiger partial charge is 0.379 e. The second-order valence-electron chi connectivity index (χ2n) is 8.59. The van der Waals surface area contributed by atoms with E-state index in [1.165, 1.54) is 17.9 Å². The maximum Gasteiger partial charge on any atom is 0.191 e. The molecule has 3 aliphatic rings. The van der Waals surface area contributed by atoms with Crippen molar-refractivity contribution in [3.8, 4) is 0 Å². The van der Waals surface area contributed by atoms with Crippen LogP contribution in [0.15, 0.2) is 4.99 Å². The second kappa shape index (κ2) is 12.3.